The maximum atomic E-state index is 11.6. The number of hydrogen-bond donors (Lipinski definition) is 5. The number of carbonyl (C=O) groups excluding carboxylic acids is 1. The summed E-state index contributed by atoms with van der Waals surface area (Å²) >= 11 is 0. The first-order valence-electron chi connectivity index (χ1n) is 7.31. The molecule has 4 atom stereocenters. The first-order valence-corrected chi connectivity index (χ1v) is 7.31. The number of ketones is 1. The van der Waals surface area contributed by atoms with Crippen molar-refractivity contribution in [2.24, 2.45) is 0 Å². The van der Waals surface area contributed by atoms with E-state index in [-0.39, 0.29) is 6.42 Å². The van der Waals surface area contributed by atoms with E-state index in [0.29, 0.717) is 6.42 Å². The van der Waals surface area contributed by atoms with Crippen molar-refractivity contribution in [3.8, 4) is 0 Å². The van der Waals surface area contributed by atoms with Gasteiger partial charge < -0.3 is 25.5 Å². The van der Waals surface area contributed by atoms with Gasteiger partial charge in [-0.15, -0.1) is 0 Å². The van der Waals surface area contributed by atoms with E-state index in [1.54, 1.807) is 0 Å². The second-order valence-corrected chi connectivity index (χ2v) is 5.16. The van der Waals surface area contributed by atoms with Gasteiger partial charge in [0, 0.05) is 6.42 Å². The van der Waals surface area contributed by atoms with Gasteiger partial charge in [-0.1, -0.05) is 39.0 Å². The van der Waals surface area contributed by atoms with Gasteiger partial charge in [0.2, 0.25) is 0 Å². The lowest BCUT2D eigenvalue weighted by Gasteiger charge is -2.24. The van der Waals surface area contributed by atoms with Crippen LogP contribution < -0.4 is 0 Å². The Morgan fingerprint density at radius 1 is 0.900 bits per heavy atom. The Morgan fingerprint density at radius 2 is 1.45 bits per heavy atom. The van der Waals surface area contributed by atoms with Crippen LogP contribution >= 0.6 is 0 Å². The molecule has 0 saturated carbocycles. The van der Waals surface area contributed by atoms with E-state index in [2.05, 4.69) is 6.92 Å². The molecule has 1 unspecified atom stereocenters. The molecule has 0 bridgehead atoms. The largest absolute Gasteiger partial charge is 0.394 e. The molecule has 0 rings (SSSR count). The normalized spacial score (nSPS) is 17.5. The van der Waals surface area contributed by atoms with Crippen molar-refractivity contribution in [3.05, 3.63) is 0 Å². The third-order valence-corrected chi connectivity index (χ3v) is 3.36. The molecule has 0 aromatic carbocycles. The average Bonchev–Trinajstić information content (AvgIpc) is 2.47. The van der Waals surface area contributed by atoms with Gasteiger partial charge >= 0.3 is 0 Å². The Kier molecular flexibility index (Phi) is 10.9. The van der Waals surface area contributed by atoms with Gasteiger partial charge in [0.1, 0.15) is 24.4 Å². The van der Waals surface area contributed by atoms with E-state index in [1.165, 1.54) is 6.42 Å². The Balaban J connectivity index is 3.96. The summed E-state index contributed by atoms with van der Waals surface area (Å²) in [6.45, 7) is 1.37. The van der Waals surface area contributed by atoms with Gasteiger partial charge in [0.15, 0.2) is 5.78 Å². The maximum absolute atomic E-state index is 11.6. The zero-order valence-corrected chi connectivity index (χ0v) is 12.1. The molecular weight excluding hydrogens is 264 g/mol. The highest BCUT2D eigenvalue weighted by atomic mass is 16.4. The first kappa shape index (κ1) is 19.5. The fraction of sp³-hybridized carbons (Fsp3) is 0.929. The van der Waals surface area contributed by atoms with Crippen LogP contribution in [0.25, 0.3) is 0 Å². The van der Waals surface area contributed by atoms with E-state index < -0.39 is 36.8 Å². The number of aliphatic hydroxyl groups excluding tert-OH is 5. The molecule has 0 radical (unpaired) electrons. The molecule has 0 amide bonds. The number of rotatable bonds is 12. The molecule has 0 fully saturated rings. The van der Waals surface area contributed by atoms with Crippen molar-refractivity contribution >= 4 is 5.78 Å². The first-order chi connectivity index (χ1) is 9.45. The summed E-state index contributed by atoms with van der Waals surface area (Å²) in [6, 6.07) is 0. The van der Waals surface area contributed by atoms with Crippen molar-refractivity contribution in [1.29, 1.82) is 0 Å². The maximum Gasteiger partial charge on any atom is 0.164 e. The fourth-order valence-corrected chi connectivity index (χ4v) is 1.94. The summed E-state index contributed by atoms with van der Waals surface area (Å²) in [4.78, 5) is 11.6. The zero-order chi connectivity index (χ0) is 15.5. The standard InChI is InChI=1S/C14H28O6/c1-2-3-4-5-6-7-8-10(16)12(18)14(20)13(19)11(17)9-15/h11-15,17-20H,2-9H2,1H3/t11-,12?,13+,14+/m1/s1. The lowest BCUT2D eigenvalue weighted by molar-refractivity contribution is -0.147. The molecule has 0 aromatic heterocycles. The highest BCUT2D eigenvalue weighted by Gasteiger charge is 2.33. The summed E-state index contributed by atoms with van der Waals surface area (Å²) in [6.07, 6.45) is -0.733. The van der Waals surface area contributed by atoms with Crippen molar-refractivity contribution in [1.82, 2.24) is 0 Å². The minimum Gasteiger partial charge on any atom is -0.394 e. The molecule has 6 nitrogen and oxygen atoms in total. The molecule has 0 aliphatic heterocycles. The van der Waals surface area contributed by atoms with Gasteiger partial charge in [0.25, 0.3) is 0 Å². The molecular formula is C14H28O6. The monoisotopic (exact) mass is 292 g/mol. The second kappa shape index (κ2) is 11.2. The van der Waals surface area contributed by atoms with Crippen LogP contribution in [0.4, 0.5) is 0 Å². The third-order valence-electron chi connectivity index (χ3n) is 3.36. The number of Topliss-reactive ketones (excluding diaryl/α,β-unsaturated/α-hetero) is 1. The average molecular weight is 292 g/mol. The summed E-state index contributed by atoms with van der Waals surface area (Å²) < 4.78 is 0. The summed E-state index contributed by atoms with van der Waals surface area (Å²) in [5.41, 5.74) is 0. The molecule has 0 heterocycles. The van der Waals surface area contributed by atoms with Gasteiger partial charge in [0.05, 0.1) is 6.61 Å². The van der Waals surface area contributed by atoms with E-state index in [1.807, 2.05) is 0 Å². The number of aliphatic hydroxyl groups is 5. The molecule has 0 saturated heterocycles. The predicted octanol–water partition coefficient (Wildman–Crippen LogP) is -0.258. The summed E-state index contributed by atoms with van der Waals surface area (Å²) in [5.74, 6) is -0.558. The number of hydrogen-bond acceptors (Lipinski definition) is 6. The third kappa shape index (κ3) is 7.31. The Hall–Kier alpha value is -0.530. The molecule has 0 aromatic rings. The van der Waals surface area contributed by atoms with Crippen LogP contribution in [-0.4, -0.2) is 62.3 Å². The lowest BCUT2D eigenvalue weighted by atomic mass is 9.97. The minimum absolute atomic E-state index is 0.131. The molecule has 0 aliphatic carbocycles. The lowest BCUT2D eigenvalue weighted by Crippen LogP contribution is -2.48. The predicted molar refractivity (Wildman–Crippen MR) is 74.1 cm³/mol. The van der Waals surface area contributed by atoms with Crippen molar-refractivity contribution in [2.75, 3.05) is 6.61 Å². The Morgan fingerprint density at radius 3 is 2.00 bits per heavy atom. The molecule has 0 spiro atoms. The zero-order valence-electron chi connectivity index (χ0n) is 12.1. The van der Waals surface area contributed by atoms with Crippen LogP contribution in [0.3, 0.4) is 0 Å². The smallest absolute Gasteiger partial charge is 0.164 e. The molecule has 20 heavy (non-hydrogen) atoms. The van der Waals surface area contributed by atoms with Gasteiger partial charge in [-0.05, 0) is 6.42 Å². The molecule has 120 valence electrons. The van der Waals surface area contributed by atoms with Crippen molar-refractivity contribution in [3.63, 3.8) is 0 Å². The van der Waals surface area contributed by atoms with Crippen molar-refractivity contribution < 1.29 is 30.3 Å². The summed E-state index contributed by atoms with van der Waals surface area (Å²) in [7, 11) is 0. The van der Waals surface area contributed by atoms with Crippen molar-refractivity contribution in [2.45, 2.75) is 76.3 Å². The quantitative estimate of drug-likeness (QED) is 0.316. The van der Waals surface area contributed by atoms with E-state index in [4.69, 9.17) is 10.2 Å². The van der Waals surface area contributed by atoms with Crippen LogP contribution in [0.1, 0.15) is 51.9 Å². The Bertz CT molecular complexity index is 258. The number of carbonyl (C=O) groups is 1. The molecule has 5 N–H and O–H groups in total. The highest BCUT2D eigenvalue weighted by Crippen LogP contribution is 2.11. The van der Waals surface area contributed by atoms with Crippen LogP contribution in [-0.2, 0) is 4.79 Å². The number of unbranched alkanes of at least 4 members (excludes halogenated alkanes) is 5. The van der Waals surface area contributed by atoms with Crippen LogP contribution in [0.2, 0.25) is 0 Å². The summed E-state index contributed by atoms with van der Waals surface area (Å²) in [5, 5.41) is 46.3. The SMILES string of the molecule is CCCCCCCCC(=O)C(O)[C@H](O)[C@@H](O)[C@H](O)CO. The van der Waals surface area contributed by atoms with E-state index >= 15 is 0 Å². The van der Waals surface area contributed by atoms with E-state index in [9.17, 15) is 20.1 Å². The molecule has 0 aliphatic rings. The van der Waals surface area contributed by atoms with Gasteiger partial charge in [-0.25, -0.2) is 0 Å². The van der Waals surface area contributed by atoms with E-state index in [0.717, 1.165) is 25.7 Å². The highest BCUT2D eigenvalue weighted by molar-refractivity contribution is 5.83. The van der Waals surface area contributed by atoms with Gasteiger partial charge in [-0.3, -0.25) is 4.79 Å². The Labute approximate surface area is 120 Å². The van der Waals surface area contributed by atoms with Gasteiger partial charge in [-0.2, -0.15) is 0 Å². The minimum atomic E-state index is -1.79. The van der Waals surface area contributed by atoms with Crippen LogP contribution in [0.15, 0.2) is 0 Å². The molecule has 6 heteroatoms. The van der Waals surface area contributed by atoms with Crippen LogP contribution in [0.5, 0.6) is 0 Å². The fourth-order valence-electron chi connectivity index (χ4n) is 1.94. The van der Waals surface area contributed by atoms with Crippen LogP contribution in [0, 0.1) is 0 Å². The topological polar surface area (TPSA) is 118 Å². The second-order valence-electron chi connectivity index (χ2n) is 5.16.